The largest absolute Gasteiger partial charge is 0.443 e. The molecule has 1 aliphatic heterocycles. The molecule has 0 bridgehead atoms. The van der Waals surface area contributed by atoms with E-state index in [1.165, 1.54) is 6.92 Å². The molecule has 2 unspecified atom stereocenters. The molecule has 214 valence electrons. The fraction of sp³-hybridized carbons (Fsp3) is 0.500. The van der Waals surface area contributed by atoms with E-state index in [2.05, 4.69) is 17.1 Å². The van der Waals surface area contributed by atoms with Crippen LogP contribution in [0.1, 0.15) is 43.8 Å². The summed E-state index contributed by atoms with van der Waals surface area (Å²) < 4.78 is 18.7. The summed E-state index contributed by atoms with van der Waals surface area (Å²) in [6.07, 6.45) is 0.606. The van der Waals surface area contributed by atoms with Gasteiger partial charge in [-0.2, -0.15) is 0 Å². The van der Waals surface area contributed by atoms with Gasteiger partial charge in [-0.25, -0.2) is 4.79 Å². The van der Waals surface area contributed by atoms with Gasteiger partial charge < -0.3 is 29.6 Å². The number of ether oxygens (including phenoxy) is 3. The van der Waals surface area contributed by atoms with Crippen LogP contribution >= 0.6 is 0 Å². The van der Waals surface area contributed by atoms with Gasteiger partial charge in [0.05, 0.1) is 38.3 Å². The van der Waals surface area contributed by atoms with Crippen molar-refractivity contribution in [3.8, 4) is 0 Å². The summed E-state index contributed by atoms with van der Waals surface area (Å²) >= 11 is 0. The van der Waals surface area contributed by atoms with E-state index in [4.69, 9.17) is 24.7 Å². The lowest BCUT2D eigenvalue weighted by Gasteiger charge is -2.26. The zero-order valence-corrected chi connectivity index (χ0v) is 23.7. The number of rotatable bonds is 8. The van der Waals surface area contributed by atoms with Crippen molar-refractivity contribution < 1.29 is 23.8 Å². The summed E-state index contributed by atoms with van der Waals surface area (Å²) in [4.78, 5) is 24.7. The highest BCUT2D eigenvalue weighted by molar-refractivity contribution is 5.67. The second kappa shape index (κ2) is 17.3. The lowest BCUT2D eigenvalue weighted by Crippen LogP contribution is -2.41. The van der Waals surface area contributed by atoms with Crippen molar-refractivity contribution in [1.82, 2.24) is 24.4 Å². The quantitative estimate of drug-likeness (QED) is 0.338. The van der Waals surface area contributed by atoms with Gasteiger partial charge in [-0.3, -0.25) is 9.30 Å². The van der Waals surface area contributed by atoms with Crippen LogP contribution in [-0.2, 0) is 32.2 Å². The van der Waals surface area contributed by atoms with Crippen LogP contribution in [0.4, 0.5) is 4.79 Å². The molecular formula is C28H42N6O5. The second-order valence-corrected chi connectivity index (χ2v) is 9.26. The molecule has 1 fully saturated rings. The van der Waals surface area contributed by atoms with Crippen molar-refractivity contribution in [3.05, 3.63) is 65.6 Å². The normalized spacial score (nSPS) is 14.5. The predicted octanol–water partition coefficient (Wildman–Crippen LogP) is 3.08. The molecule has 0 radical (unpaired) electrons. The van der Waals surface area contributed by atoms with E-state index in [1.807, 2.05) is 78.9 Å². The molecule has 2 N–H and O–H groups in total. The molecule has 2 aromatic heterocycles. The van der Waals surface area contributed by atoms with Gasteiger partial charge in [-0.15, -0.1) is 10.2 Å². The Labute approximate surface area is 230 Å². The first kappa shape index (κ1) is 31.8. The van der Waals surface area contributed by atoms with E-state index in [-0.39, 0.29) is 24.8 Å². The molecule has 1 aromatic carbocycles. The first-order chi connectivity index (χ1) is 18.8. The van der Waals surface area contributed by atoms with Crippen molar-refractivity contribution >= 4 is 18.0 Å². The first-order valence-electron chi connectivity index (χ1n) is 13.0. The number of carbonyl (C=O) groups is 2. The number of benzene rings is 1. The Balaban J connectivity index is 0.000000516. The number of morpholine rings is 1. The predicted molar refractivity (Wildman–Crippen MR) is 149 cm³/mol. The molecule has 2 atom stereocenters. The summed E-state index contributed by atoms with van der Waals surface area (Å²) in [7, 11) is 3.90. The van der Waals surface area contributed by atoms with Crippen LogP contribution in [-0.4, -0.2) is 89.9 Å². The van der Waals surface area contributed by atoms with Gasteiger partial charge in [0, 0.05) is 19.0 Å². The van der Waals surface area contributed by atoms with Crippen LogP contribution < -0.4 is 5.73 Å². The highest BCUT2D eigenvalue weighted by Crippen LogP contribution is 2.19. The minimum atomic E-state index is -0.329. The summed E-state index contributed by atoms with van der Waals surface area (Å²) in [5.74, 6) is 0.816. The van der Waals surface area contributed by atoms with Gasteiger partial charge >= 0.3 is 6.09 Å². The molecule has 11 nitrogen and oxygen atoms in total. The highest BCUT2D eigenvalue weighted by atomic mass is 16.6. The van der Waals surface area contributed by atoms with E-state index in [0.29, 0.717) is 39.5 Å². The van der Waals surface area contributed by atoms with Crippen LogP contribution in [0.3, 0.4) is 0 Å². The van der Waals surface area contributed by atoms with Crippen molar-refractivity contribution in [2.45, 2.75) is 46.1 Å². The fourth-order valence-electron chi connectivity index (χ4n) is 3.44. The summed E-state index contributed by atoms with van der Waals surface area (Å²) in [5.41, 5.74) is 8.04. The molecule has 4 rings (SSSR count). The third-order valence-electron chi connectivity index (χ3n) is 5.88. The number of nitrogens with zero attached hydrogens (tertiary/aromatic N) is 5. The molecule has 0 aliphatic carbocycles. The second-order valence-electron chi connectivity index (χ2n) is 9.26. The number of hydrogen-bond donors (Lipinski definition) is 1. The number of pyridine rings is 1. The van der Waals surface area contributed by atoms with Gasteiger partial charge in [0.2, 0.25) is 0 Å². The van der Waals surface area contributed by atoms with Gasteiger partial charge in [-0.05, 0) is 45.6 Å². The van der Waals surface area contributed by atoms with Crippen LogP contribution in [0.2, 0.25) is 0 Å². The van der Waals surface area contributed by atoms with Crippen molar-refractivity contribution in [2.75, 3.05) is 47.0 Å². The lowest BCUT2D eigenvalue weighted by molar-refractivity contribution is -0.106. The van der Waals surface area contributed by atoms with Crippen molar-refractivity contribution in [1.29, 1.82) is 0 Å². The van der Waals surface area contributed by atoms with E-state index >= 15 is 0 Å². The maximum absolute atomic E-state index is 12.3. The van der Waals surface area contributed by atoms with Gasteiger partial charge in [0.15, 0.2) is 5.65 Å². The zero-order valence-electron chi connectivity index (χ0n) is 23.7. The van der Waals surface area contributed by atoms with Gasteiger partial charge in [0.1, 0.15) is 18.7 Å². The minimum Gasteiger partial charge on any atom is -0.443 e. The Kier molecular flexibility index (Phi) is 14.1. The molecule has 3 aromatic rings. The number of hydrogen-bond acceptors (Lipinski definition) is 9. The number of fused-ring (bicyclic) bond motifs is 1. The molecule has 1 amide bonds. The third kappa shape index (κ3) is 10.7. The maximum atomic E-state index is 12.3. The number of nitrogens with two attached hydrogens (primary N) is 1. The molecule has 11 heteroatoms. The summed E-state index contributed by atoms with van der Waals surface area (Å²) in [5, 5.41) is 8.64. The Bertz CT molecular complexity index is 1110. The Morgan fingerprint density at radius 3 is 2.33 bits per heavy atom. The molecule has 1 aliphatic rings. The minimum absolute atomic E-state index is 0.0276. The molecule has 1 saturated heterocycles. The SMILES string of the molecule is CC(COCc1ccccc1)c1nnc2cccc(COC(=O)N3CCOCC3)n12.CC(N)N(C)C.CC=O. The average Bonchev–Trinajstić information content (AvgIpc) is 3.38. The molecule has 0 spiro atoms. The smallest absolute Gasteiger partial charge is 0.410 e. The first-order valence-corrected chi connectivity index (χ1v) is 13.0. The highest BCUT2D eigenvalue weighted by Gasteiger charge is 2.20. The Hall–Kier alpha value is -3.38. The van der Waals surface area contributed by atoms with E-state index < -0.39 is 0 Å². The summed E-state index contributed by atoms with van der Waals surface area (Å²) in [6, 6.07) is 15.8. The molecular weight excluding hydrogens is 500 g/mol. The van der Waals surface area contributed by atoms with E-state index in [1.54, 1.807) is 4.90 Å². The number of aldehydes is 1. The standard InChI is InChI=1S/C22H26N4O4.C4H12N2.C2H4O/c1-17(14-29-15-18-6-3-2-4-7-18)21-24-23-20-9-5-8-19(26(20)21)16-30-22(27)25-10-12-28-13-11-25;1-4(5)6(2)3;1-2-3/h2-9,17H,10-16H2,1H3;4H,5H2,1-3H3;2H,1H3. The van der Waals surface area contributed by atoms with Crippen LogP contribution in [0.15, 0.2) is 48.5 Å². The number of carbonyl (C=O) groups excluding carboxylic acids is 2. The molecule has 39 heavy (non-hydrogen) atoms. The number of amides is 1. The molecule has 3 heterocycles. The van der Waals surface area contributed by atoms with Crippen molar-refractivity contribution in [2.24, 2.45) is 5.73 Å². The summed E-state index contributed by atoms with van der Waals surface area (Å²) in [6.45, 7) is 8.84. The number of aromatic nitrogens is 3. The van der Waals surface area contributed by atoms with E-state index in [9.17, 15) is 4.79 Å². The maximum Gasteiger partial charge on any atom is 0.410 e. The average molecular weight is 543 g/mol. The Morgan fingerprint density at radius 1 is 1.08 bits per heavy atom. The molecule has 0 saturated carbocycles. The fourth-order valence-corrected chi connectivity index (χ4v) is 3.44. The Morgan fingerprint density at radius 2 is 1.72 bits per heavy atom. The van der Waals surface area contributed by atoms with Gasteiger partial charge in [0.25, 0.3) is 0 Å². The van der Waals surface area contributed by atoms with Gasteiger partial charge in [-0.1, -0.05) is 43.3 Å². The lowest BCUT2D eigenvalue weighted by atomic mass is 10.2. The van der Waals surface area contributed by atoms with Crippen LogP contribution in [0.25, 0.3) is 5.65 Å². The van der Waals surface area contributed by atoms with Crippen LogP contribution in [0.5, 0.6) is 0 Å². The topological polar surface area (TPSA) is 125 Å². The third-order valence-corrected chi connectivity index (χ3v) is 5.88. The monoisotopic (exact) mass is 542 g/mol. The van der Waals surface area contributed by atoms with Crippen molar-refractivity contribution in [3.63, 3.8) is 0 Å². The zero-order chi connectivity index (χ0) is 28.6. The van der Waals surface area contributed by atoms with Crippen LogP contribution in [0, 0.1) is 0 Å². The van der Waals surface area contributed by atoms with E-state index in [0.717, 1.165) is 29.0 Å².